The smallest absolute Gasteiger partial charge is 0.258 e. The summed E-state index contributed by atoms with van der Waals surface area (Å²) in [5.74, 6) is 0.338. The Labute approximate surface area is 141 Å². The van der Waals surface area contributed by atoms with Crippen molar-refractivity contribution >= 4 is 17.5 Å². The first-order valence-electron chi connectivity index (χ1n) is 8.03. The number of benzene rings is 1. The molecule has 1 aromatic carbocycles. The van der Waals surface area contributed by atoms with Gasteiger partial charge in [0.15, 0.2) is 6.61 Å². The Balaban J connectivity index is 1.76. The van der Waals surface area contributed by atoms with Crippen molar-refractivity contribution in [2.75, 3.05) is 26.2 Å². The molecule has 1 fully saturated rings. The van der Waals surface area contributed by atoms with E-state index in [0.717, 1.165) is 32.5 Å². The molecule has 1 aliphatic rings. The van der Waals surface area contributed by atoms with Gasteiger partial charge in [0, 0.05) is 25.2 Å². The highest BCUT2D eigenvalue weighted by Gasteiger charge is 2.21. The minimum Gasteiger partial charge on any atom is -0.484 e. The lowest BCUT2D eigenvalue weighted by atomic mass is 10.0. The lowest BCUT2D eigenvalue weighted by molar-refractivity contribution is -0.124. The van der Waals surface area contributed by atoms with Crippen LogP contribution in [0.5, 0.6) is 5.75 Å². The number of carbonyl (C=O) groups is 1. The molecule has 1 saturated heterocycles. The van der Waals surface area contributed by atoms with Crippen LogP contribution in [-0.2, 0) is 4.79 Å². The topological polar surface area (TPSA) is 41.6 Å². The first kappa shape index (κ1) is 18.0. The molecular formula is C17H24ClFN2O2. The van der Waals surface area contributed by atoms with Gasteiger partial charge in [0.1, 0.15) is 11.6 Å². The summed E-state index contributed by atoms with van der Waals surface area (Å²) in [6, 6.07) is 4.21. The molecular weight excluding hydrogens is 319 g/mol. The van der Waals surface area contributed by atoms with Gasteiger partial charge < -0.3 is 15.0 Å². The molecule has 0 bridgehead atoms. The van der Waals surface area contributed by atoms with Gasteiger partial charge in [-0.15, -0.1) is 0 Å². The van der Waals surface area contributed by atoms with Crippen LogP contribution in [0.15, 0.2) is 18.2 Å². The molecule has 1 heterocycles. The highest BCUT2D eigenvalue weighted by atomic mass is 35.5. The standard InChI is InChI=1S/C17H24ClFN2O2/c1-12(2)9-21-7-3-4-13(10-21)20-17(22)11-23-14-5-6-16(19)15(18)8-14/h5-6,8,12-13H,3-4,7,9-11H2,1-2H3,(H,20,22)/t13-/m0/s1. The molecule has 0 unspecified atom stereocenters. The van der Waals surface area contributed by atoms with Crippen molar-refractivity contribution in [2.24, 2.45) is 5.92 Å². The molecule has 0 spiro atoms. The van der Waals surface area contributed by atoms with Crippen LogP contribution in [0, 0.1) is 11.7 Å². The molecule has 6 heteroatoms. The fraction of sp³-hybridized carbons (Fsp3) is 0.588. The second-order valence-electron chi connectivity index (χ2n) is 6.42. The fourth-order valence-corrected chi connectivity index (χ4v) is 3.01. The second kappa shape index (κ2) is 8.50. The third kappa shape index (κ3) is 5.99. The molecule has 2 rings (SSSR count). The van der Waals surface area contributed by atoms with E-state index in [0.29, 0.717) is 11.7 Å². The Morgan fingerprint density at radius 2 is 2.30 bits per heavy atom. The van der Waals surface area contributed by atoms with Gasteiger partial charge >= 0.3 is 0 Å². The average Bonchev–Trinajstić information content (AvgIpc) is 2.48. The Bertz CT molecular complexity index is 539. The largest absolute Gasteiger partial charge is 0.484 e. The maximum Gasteiger partial charge on any atom is 0.258 e. The number of ether oxygens (including phenoxy) is 1. The number of likely N-dealkylation sites (tertiary alicyclic amines) is 1. The maximum absolute atomic E-state index is 13.1. The Morgan fingerprint density at radius 3 is 3.00 bits per heavy atom. The number of rotatable bonds is 6. The molecule has 0 saturated carbocycles. The number of hydrogen-bond acceptors (Lipinski definition) is 3. The molecule has 0 aromatic heterocycles. The second-order valence-corrected chi connectivity index (χ2v) is 6.83. The normalized spacial score (nSPS) is 18.9. The lowest BCUT2D eigenvalue weighted by Gasteiger charge is -2.34. The highest BCUT2D eigenvalue weighted by molar-refractivity contribution is 6.30. The first-order valence-corrected chi connectivity index (χ1v) is 8.41. The van der Waals surface area contributed by atoms with E-state index in [9.17, 15) is 9.18 Å². The van der Waals surface area contributed by atoms with E-state index in [4.69, 9.17) is 16.3 Å². The summed E-state index contributed by atoms with van der Waals surface area (Å²) in [7, 11) is 0. The van der Waals surface area contributed by atoms with Gasteiger partial charge in [-0.3, -0.25) is 4.79 Å². The van der Waals surface area contributed by atoms with Gasteiger partial charge in [0.25, 0.3) is 5.91 Å². The van der Waals surface area contributed by atoms with E-state index >= 15 is 0 Å². The van der Waals surface area contributed by atoms with Crippen LogP contribution in [0.25, 0.3) is 0 Å². The van der Waals surface area contributed by atoms with Crippen molar-refractivity contribution in [3.05, 3.63) is 29.0 Å². The molecule has 23 heavy (non-hydrogen) atoms. The van der Waals surface area contributed by atoms with Crippen molar-refractivity contribution in [1.29, 1.82) is 0 Å². The van der Waals surface area contributed by atoms with Gasteiger partial charge in [-0.25, -0.2) is 4.39 Å². The predicted molar refractivity (Wildman–Crippen MR) is 89.3 cm³/mol. The van der Waals surface area contributed by atoms with Gasteiger partial charge in [-0.05, 0) is 37.4 Å². The summed E-state index contributed by atoms with van der Waals surface area (Å²) in [5, 5.41) is 2.99. The minimum absolute atomic E-state index is 0.0143. The Kier molecular flexibility index (Phi) is 6.66. The zero-order chi connectivity index (χ0) is 16.8. The molecule has 1 atom stereocenters. The Hall–Kier alpha value is -1.33. The molecule has 0 radical (unpaired) electrons. The minimum atomic E-state index is -0.504. The number of piperidine rings is 1. The van der Waals surface area contributed by atoms with Crippen molar-refractivity contribution in [2.45, 2.75) is 32.7 Å². The first-order chi connectivity index (χ1) is 10.9. The number of nitrogens with one attached hydrogen (secondary N) is 1. The zero-order valence-corrected chi connectivity index (χ0v) is 14.4. The zero-order valence-electron chi connectivity index (χ0n) is 13.6. The van der Waals surface area contributed by atoms with Gasteiger partial charge in [0.2, 0.25) is 0 Å². The summed E-state index contributed by atoms with van der Waals surface area (Å²) < 4.78 is 18.4. The number of carbonyl (C=O) groups excluding carboxylic acids is 1. The maximum atomic E-state index is 13.1. The van der Waals surface area contributed by atoms with E-state index in [1.54, 1.807) is 0 Å². The van der Waals surface area contributed by atoms with E-state index in [1.807, 2.05) is 0 Å². The quantitative estimate of drug-likeness (QED) is 0.863. The van der Waals surface area contributed by atoms with Crippen molar-refractivity contribution in [3.63, 3.8) is 0 Å². The van der Waals surface area contributed by atoms with E-state index in [-0.39, 0.29) is 23.6 Å². The van der Waals surface area contributed by atoms with Crippen LogP contribution in [-0.4, -0.2) is 43.1 Å². The monoisotopic (exact) mass is 342 g/mol. The van der Waals surface area contributed by atoms with Crippen molar-refractivity contribution in [1.82, 2.24) is 10.2 Å². The number of hydrogen-bond donors (Lipinski definition) is 1. The van der Waals surface area contributed by atoms with Crippen LogP contribution < -0.4 is 10.1 Å². The third-order valence-electron chi connectivity index (χ3n) is 3.75. The molecule has 128 valence electrons. The molecule has 1 aliphatic heterocycles. The fourth-order valence-electron chi connectivity index (χ4n) is 2.84. The highest BCUT2D eigenvalue weighted by Crippen LogP contribution is 2.21. The summed E-state index contributed by atoms with van der Waals surface area (Å²) in [6.45, 7) is 7.33. The van der Waals surface area contributed by atoms with Crippen LogP contribution in [0.3, 0.4) is 0 Å². The molecule has 1 aromatic rings. The third-order valence-corrected chi connectivity index (χ3v) is 4.04. The summed E-state index contributed by atoms with van der Waals surface area (Å²) >= 11 is 5.68. The van der Waals surface area contributed by atoms with E-state index < -0.39 is 5.82 Å². The predicted octanol–water partition coefficient (Wildman–Crippen LogP) is 3.09. The number of halogens is 2. The summed E-state index contributed by atoms with van der Waals surface area (Å²) in [4.78, 5) is 14.4. The molecule has 1 amide bonds. The average molecular weight is 343 g/mol. The molecule has 0 aliphatic carbocycles. The van der Waals surface area contributed by atoms with Crippen LogP contribution >= 0.6 is 11.6 Å². The molecule has 1 N–H and O–H groups in total. The van der Waals surface area contributed by atoms with Crippen LogP contribution in [0.1, 0.15) is 26.7 Å². The van der Waals surface area contributed by atoms with Gasteiger partial charge in [-0.1, -0.05) is 25.4 Å². The number of nitrogens with zero attached hydrogens (tertiary/aromatic N) is 1. The number of amides is 1. The van der Waals surface area contributed by atoms with Gasteiger partial charge in [-0.2, -0.15) is 0 Å². The lowest BCUT2D eigenvalue weighted by Crippen LogP contribution is -2.49. The van der Waals surface area contributed by atoms with Crippen molar-refractivity contribution < 1.29 is 13.9 Å². The Morgan fingerprint density at radius 1 is 1.52 bits per heavy atom. The summed E-state index contributed by atoms with van der Waals surface area (Å²) in [5.41, 5.74) is 0. The van der Waals surface area contributed by atoms with Crippen LogP contribution in [0.4, 0.5) is 4.39 Å². The molecule has 4 nitrogen and oxygen atoms in total. The van der Waals surface area contributed by atoms with Crippen molar-refractivity contribution in [3.8, 4) is 5.75 Å². The van der Waals surface area contributed by atoms with E-state index in [2.05, 4.69) is 24.1 Å². The van der Waals surface area contributed by atoms with Gasteiger partial charge in [0.05, 0.1) is 5.02 Å². The summed E-state index contributed by atoms with van der Waals surface area (Å²) in [6.07, 6.45) is 2.08. The SMILES string of the molecule is CC(C)CN1CCC[C@H](NC(=O)COc2ccc(F)c(Cl)c2)C1. The van der Waals surface area contributed by atoms with Crippen LogP contribution in [0.2, 0.25) is 5.02 Å². The van der Waals surface area contributed by atoms with E-state index in [1.165, 1.54) is 18.2 Å².